The minimum absolute atomic E-state index is 0.220. The first-order valence-corrected chi connectivity index (χ1v) is 7.36. The number of para-hydroxylation sites is 1. The highest BCUT2D eigenvalue weighted by Crippen LogP contribution is 2.23. The van der Waals surface area contributed by atoms with Crippen molar-refractivity contribution in [2.75, 3.05) is 13.1 Å². The van der Waals surface area contributed by atoms with Gasteiger partial charge in [-0.3, -0.25) is 10.1 Å². The smallest absolute Gasteiger partial charge is 0.289 e. The highest BCUT2D eigenvalue weighted by Gasteiger charge is 2.31. The summed E-state index contributed by atoms with van der Waals surface area (Å²) < 4.78 is 26.9. The van der Waals surface area contributed by atoms with Crippen LogP contribution in [-0.2, 0) is 10.0 Å². The Balaban J connectivity index is 2.26. The van der Waals surface area contributed by atoms with Crippen LogP contribution in [0.3, 0.4) is 0 Å². The van der Waals surface area contributed by atoms with Crippen molar-refractivity contribution >= 4 is 15.7 Å². The topological polar surface area (TPSA) is 101 Å². The van der Waals surface area contributed by atoms with E-state index >= 15 is 0 Å². The van der Waals surface area contributed by atoms with Crippen molar-refractivity contribution in [1.82, 2.24) is 10.0 Å². The summed E-state index contributed by atoms with van der Waals surface area (Å²) in [5.41, 5.74) is -0.408. The van der Waals surface area contributed by atoms with Crippen LogP contribution in [0.25, 0.3) is 0 Å². The van der Waals surface area contributed by atoms with E-state index in [9.17, 15) is 18.5 Å². The van der Waals surface area contributed by atoms with Crippen molar-refractivity contribution in [3.05, 3.63) is 34.4 Å². The Morgan fingerprint density at radius 3 is 2.58 bits per heavy atom. The molecule has 1 saturated heterocycles. The first kappa shape index (κ1) is 13.9. The standard InChI is InChI=1S/C11H15N3O4S/c1-8(9-6-12-7-9)13-19(17,18)11-5-3-2-4-10(11)14(15)16/h2-5,8-9,12-13H,6-7H2,1H3/t8-/m0/s1. The van der Waals surface area contributed by atoms with E-state index in [1.807, 2.05) is 0 Å². The van der Waals surface area contributed by atoms with Gasteiger partial charge in [-0.05, 0) is 18.9 Å². The van der Waals surface area contributed by atoms with Gasteiger partial charge in [0.2, 0.25) is 10.0 Å². The lowest BCUT2D eigenvalue weighted by Gasteiger charge is -2.32. The second-order valence-electron chi connectivity index (χ2n) is 4.55. The molecule has 2 rings (SSSR count). The van der Waals surface area contributed by atoms with Crippen molar-refractivity contribution in [2.45, 2.75) is 17.9 Å². The highest BCUT2D eigenvalue weighted by atomic mass is 32.2. The van der Waals surface area contributed by atoms with E-state index in [-0.39, 0.29) is 16.9 Å². The molecule has 0 saturated carbocycles. The molecule has 1 fully saturated rings. The lowest BCUT2D eigenvalue weighted by Crippen LogP contribution is -2.53. The van der Waals surface area contributed by atoms with Gasteiger partial charge in [-0.15, -0.1) is 0 Å². The maximum Gasteiger partial charge on any atom is 0.289 e. The van der Waals surface area contributed by atoms with Gasteiger partial charge in [-0.2, -0.15) is 0 Å². The zero-order chi connectivity index (χ0) is 14.0. The largest absolute Gasteiger partial charge is 0.316 e. The molecule has 1 atom stereocenters. The van der Waals surface area contributed by atoms with Crippen molar-refractivity contribution in [1.29, 1.82) is 0 Å². The van der Waals surface area contributed by atoms with Gasteiger partial charge in [0, 0.05) is 25.2 Å². The molecule has 104 valence electrons. The van der Waals surface area contributed by atoms with Crippen LogP contribution in [0.15, 0.2) is 29.2 Å². The molecule has 1 aromatic rings. The molecule has 19 heavy (non-hydrogen) atoms. The molecule has 1 aliphatic rings. The van der Waals surface area contributed by atoms with Crippen molar-refractivity contribution < 1.29 is 13.3 Å². The molecule has 0 aliphatic carbocycles. The zero-order valence-electron chi connectivity index (χ0n) is 10.4. The molecule has 0 aromatic heterocycles. The van der Waals surface area contributed by atoms with Crippen LogP contribution in [0.1, 0.15) is 6.92 Å². The second-order valence-corrected chi connectivity index (χ2v) is 6.24. The summed E-state index contributed by atoms with van der Waals surface area (Å²) in [6.07, 6.45) is 0. The number of nitro benzene ring substituents is 1. The molecule has 0 bridgehead atoms. The van der Waals surface area contributed by atoms with Crippen LogP contribution in [-0.4, -0.2) is 32.5 Å². The Labute approximate surface area is 111 Å². The Kier molecular flexibility index (Phi) is 3.83. The first-order valence-electron chi connectivity index (χ1n) is 5.88. The summed E-state index contributed by atoms with van der Waals surface area (Å²) in [5, 5.41) is 13.9. The molecule has 1 heterocycles. The number of nitrogens with zero attached hydrogens (tertiary/aromatic N) is 1. The maximum absolute atomic E-state index is 12.2. The predicted molar refractivity (Wildman–Crippen MR) is 69.2 cm³/mol. The van der Waals surface area contributed by atoms with E-state index in [0.717, 1.165) is 13.1 Å². The van der Waals surface area contributed by atoms with Crippen LogP contribution < -0.4 is 10.0 Å². The van der Waals surface area contributed by atoms with E-state index in [4.69, 9.17) is 0 Å². The summed E-state index contributed by atoms with van der Waals surface area (Å²) in [4.78, 5) is 9.88. The fourth-order valence-corrected chi connectivity index (χ4v) is 3.39. The van der Waals surface area contributed by atoms with Crippen LogP contribution in [0, 0.1) is 16.0 Å². The quantitative estimate of drug-likeness (QED) is 0.605. The fraction of sp³-hybridized carbons (Fsp3) is 0.455. The summed E-state index contributed by atoms with van der Waals surface area (Å²) in [6.45, 7) is 3.26. The van der Waals surface area contributed by atoms with Crippen molar-refractivity contribution in [3.63, 3.8) is 0 Å². The van der Waals surface area contributed by atoms with E-state index in [2.05, 4.69) is 10.0 Å². The molecule has 2 N–H and O–H groups in total. The lowest BCUT2D eigenvalue weighted by molar-refractivity contribution is -0.387. The second kappa shape index (κ2) is 5.24. The van der Waals surface area contributed by atoms with E-state index in [1.165, 1.54) is 24.3 Å². The number of hydrogen-bond donors (Lipinski definition) is 2. The lowest BCUT2D eigenvalue weighted by atomic mass is 9.96. The molecular weight excluding hydrogens is 270 g/mol. The maximum atomic E-state index is 12.2. The number of sulfonamides is 1. The number of hydrogen-bond acceptors (Lipinski definition) is 5. The number of nitrogens with one attached hydrogen (secondary N) is 2. The third-order valence-electron chi connectivity index (χ3n) is 3.21. The van der Waals surface area contributed by atoms with E-state index in [0.29, 0.717) is 0 Å². The van der Waals surface area contributed by atoms with Gasteiger partial charge in [-0.1, -0.05) is 12.1 Å². The molecule has 1 aromatic carbocycles. The molecule has 7 nitrogen and oxygen atoms in total. The van der Waals surface area contributed by atoms with Gasteiger partial charge in [-0.25, -0.2) is 13.1 Å². The molecule has 0 radical (unpaired) electrons. The highest BCUT2D eigenvalue weighted by molar-refractivity contribution is 7.89. The minimum Gasteiger partial charge on any atom is -0.316 e. The Hall–Kier alpha value is -1.51. The van der Waals surface area contributed by atoms with E-state index in [1.54, 1.807) is 6.92 Å². The van der Waals surface area contributed by atoms with Gasteiger partial charge >= 0.3 is 0 Å². The zero-order valence-corrected chi connectivity index (χ0v) is 11.2. The molecule has 1 aliphatic heterocycles. The number of rotatable bonds is 5. The Bertz CT molecular complexity index is 583. The average molecular weight is 285 g/mol. The van der Waals surface area contributed by atoms with E-state index < -0.39 is 20.6 Å². The van der Waals surface area contributed by atoms with Crippen LogP contribution in [0.5, 0.6) is 0 Å². The van der Waals surface area contributed by atoms with Crippen LogP contribution in [0.4, 0.5) is 5.69 Å². The van der Waals surface area contributed by atoms with Gasteiger partial charge in [0.1, 0.15) is 0 Å². The molecular formula is C11H15N3O4S. The van der Waals surface area contributed by atoms with Gasteiger partial charge in [0.15, 0.2) is 4.90 Å². The number of benzene rings is 1. The number of nitro groups is 1. The summed E-state index contributed by atoms with van der Waals surface area (Å²) in [6, 6.07) is 5.08. The van der Waals surface area contributed by atoms with Crippen molar-refractivity contribution in [2.24, 2.45) is 5.92 Å². The normalized spacial score (nSPS) is 17.7. The average Bonchev–Trinajstić information content (AvgIpc) is 2.25. The molecule has 0 amide bonds. The summed E-state index contributed by atoms with van der Waals surface area (Å²) in [7, 11) is -3.88. The van der Waals surface area contributed by atoms with Crippen LogP contribution >= 0.6 is 0 Å². The van der Waals surface area contributed by atoms with Gasteiger partial charge in [0.05, 0.1) is 4.92 Å². The summed E-state index contributed by atoms with van der Waals surface area (Å²) >= 11 is 0. The molecule has 8 heteroatoms. The third-order valence-corrected chi connectivity index (χ3v) is 4.82. The SMILES string of the molecule is C[C@H](NS(=O)(=O)c1ccccc1[N+](=O)[O-])C1CNC1. The van der Waals surface area contributed by atoms with Gasteiger partial charge in [0.25, 0.3) is 5.69 Å². The van der Waals surface area contributed by atoms with Gasteiger partial charge < -0.3 is 5.32 Å². The Morgan fingerprint density at radius 1 is 1.42 bits per heavy atom. The Morgan fingerprint density at radius 2 is 2.05 bits per heavy atom. The van der Waals surface area contributed by atoms with Crippen LogP contribution in [0.2, 0.25) is 0 Å². The fourth-order valence-electron chi connectivity index (χ4n) is 1.90. The monoisotopic (exact) mass is 285 g/mol. The predicted octanol–water partition coefficient (Wildman–Crippen LogP) is 0.481. The molecule has 0 spiro atoms. The first-order chi connectivity index (χ1) is 8.92. The molecule has 0 unspecified atom stereocenters. The van der Waals surface area contributed by atoms with Crippen molar-refractivity contribution in [3.8, 4) is 0 Å². The summed E-state index contributed by atoms with van der Waals surface area (Å²) in [5.74, 6) is 0.220. The third kappa shape index (κ3) is 2.91. The minimum atomic E-state index is -3.88.